The van der Waals surface area contributed by atoms with E-state index < -0.39 is 17.6 Å². The largest absolute Gasteiger partial charge is 0.462 e. The van der Waals surface area contributed by atoms with E-state index in [4.69, 9.17) is 4.74 Å². The first-order valence-corrected chi connectivity index (χ1v) is 5.62. The molecule has 1 aromatic rings. The van der Waals surface area contributed by atoms with Crippen molar-refractivity contribution in [2.24, 2.45) is 0 Å². The molecule has 96 valence electrons. The molecule has 4 heteroatoms. The minimum Gasteiger partial charge on any atom is -0.462 e. The molecule has 0 aliphatic carbocycles. The van der Waals surface area contributed by atoms with Gasteiger partial charge < -0.3 is 4.74 Å². The molecule has 0 saturated carbocycles. The molecule has 0 aliphatic rings. The Labute approximate surface area is 105 Å². The average molecular weight is 250 g/mol. The maximum atomic E-state index is 12.8. The fourth-order valence-electron chi connectivity index (χ4n) is 1.47. The summed E-state index contributed by atoms with van der Waals surface area (Å²) in [6.07, 6.45) is 0. The summed E-state index contributed by atoms with van der Waals surface area (Å²) in [4.78, 5) is 23.8. The normalized spacial score (nSPS) is 9.78. The topological polar surface area (TPSA) is 43.4 Å². The number of allylic oxidation sites excluding steroid dienone is 1. The van der Waals surface area contributed by atoms with Crippen LogP contribution < -0.4 is 0 Å². The van der Waals surface area contributed by atoms with Crippen molar-refractivity contribution < 1.29 is 18.7 Å². The maximum Gasteiger partial charge on any atom is 0.342 e. The van der Waals surface area contributed by atoms with Crippen LogP contribution in [-0.4, -0.2) is 18.4 Å². The van der Waals surface area contributed by atoms with Gasteiger partial charge in [-0.1, -0.05) is 5.57 Å². The zero-order valence-corrected chi connectivity index (χ0v) is 10.6. The highest BCUT2D eigenvalue weighted by atomic mass is 19.1. The number of carbonyl (C=O) groups excluding carboxylic acids is 2. The highest BCUT2D eigenvalue weighted by Gasteiger charge is 2.22. The van der Waals surface area contributed by atoms with E-state index in [0.717, 1.165) is 0 Å². The van der Waals surface area contributed by atoms with Gasteiger partial charge in [0.15, 0.2) is 5.78 Å². The van der Waals surface area contributed by atoms with Gasteiger partial charge in [-0.05, 0) is 45.0 Å². The van der Waals surface area contributed by atoms with E-state index >= 15 is 0 Å². The molecule has 0 atom stereocenters. The van der Waals surface area contributed by atoms with Crippen molar-refractivity contribution >= 4 is 11.8 Å². The number of esters is 1. The molecule has 0 heterocycles. The van der Waals surface area contributed by atoms with Crippen LogP contribution in [0.1, 0.15) is 31.1 Å². The van der Waals surface area contributed by atoms with E-state index in [1.807, 2.05) is 0 Å². The van der Waals surface area contributed by atoms with Gasteiger partial charge in [0.2, 0.25) is 0 Å². The number of rotatable bonds is 4. The summed E-state index contributed by atoms with van der Waals surface area (Å²) in [6, 6.07) is 5.06. The summed E-state index contributed by atoms with van der Waals surface area (Å²) in [5.74, 6) is -1.53. The molecule has 0 unspecified atom stereocenters. The van der Waals surface area contributed by atoms with E-state index in [1.165, 1.54) is 24.3 Å². The Morgan fingerprint density at radius 3 is 2.17 bits per heavy atom. The zero-order chi connectivity index (χ0) is 13.7. The number of ketones is 1. The molecule has 0 radical (unpaired) electrons. The monoisotopic (exact) mass is 250 g/mol. The molecule has 1 aromatic carbocycles. The first-order valence-electron chi connectivity index (χ1n) is 5.62. The minimum absolute atomic E-state index is 0.00320. The van der Waals surface area contributed by atoms with Crippen LogP contribution in [0, 0.1) is 5.82 Å². The van der Waals surface area contributed by atoms with Gasteiger partial charge in [-0.3, -0.25) is 4.79 Å². The van der Waals surface area contributed by atoms with Gasteiger partial charge in [0.05, 0.1) is 6.61 Å². The number of ether oxygens (including phenoxy) is 1. The van der Waals surface area contributed by atoms with E-state index in [-0.39, 0.29) is 17.7 Å². The van der Waals surface area contributed by atoms with E-state index in [2.05, 4.69) is 0 Å². The molecule has 0 N–H and O–H groups in total. The van der Waals surface area contributed by atoms with Crippen molar-refractivity contribution in [2.45, 2.75) is 20.8 Å². The van der Waals surface area contributed by atoms with Crippen LogP contribution in [-0.2, 0) is 9.53 Å². The summed E-state index contributed by atoms with van der Waals surface area (Å²) < 4.78 is 17.6. The third-order valence-corrected chi connectivity index (χ3v) is 2.31. The van der Waals surface area contributed by atoms with Gasteiger partial charge in [-0.25, -0.2) is 9.18 Å². The van der Waals surface area contributed by atoms with Crippen LogP contribution in [0.4, 0.5) is 4.39 Å². The summed E-state index contributed by atoms with van der Waals surface area (Å²) in [5, 5.41) is 0. The van der Waals surface area contributed by atoms with E-state index in [0.29, 0.717) is 5.57 Å². The number of hydrogen-bond acceptors (Lipinski definition) is 3. The lowest BCUT2D eigenvalue weighted by atomic mass is 10.00. The Hall–Kier alpha value is -1.97. The minimum atomic E-state index is -0.646. The van der Waals surface area contributed by atoms with E-state index in [1.54, 1.807) is 20.8 Å². The van der Waals surface area contributed by atoms with Crippen LogP contribution >= 0.6 is 0 Å². The highest BCUT2D eigenvalue weighted by Crippen LogP contribution is 2.14. The molecule has 0 bridgehead atoms. The fourth-order valence-corrected chi connectivity index (χ4v) is 1.47. The number of Topliss-reactive ketones (excluding diaryl/α,β-unsaturated/α-hetero) is 1. The highest BCUT2D eigenvalue weighted by molar-refractivity contribution is 6.24. The molecule has 18 heavy (non-hydrogen) atoms. The summed E-state index contributed by atoms with van der Waals surface area (Å²) in [6.45, 7) is 5.19. The van der Waals surface area contributed by atoms with Crippen molar-refractivity contribution in [1.29, 1.82) is 0 Å². The average Bonchev–Trinajstić information content (AvgIpc) is 2.29. The molecule has 0 fully saturated rings. The van der Waals surface area contributed by atoms with Crippen molar-refractivity contribution in [3.8, 4) is 0 Å². The smallest absolute Gasteiger partial charge is 0.342 e. The molecule has 0 aromatic heterocycles. The lowest BCUT2D eigenvalue weighted by Gasteiger charge is -2.08. The number of halogens is 1. The molecule has 0 amide bonds. The fraction of sp³-hybridized carbons (Fsp3) is 0.286. The second-order valence-electron chi connectivity index (χ2n) is 3.93. The van der Waals surface area contributed by atoms with Gasteiger partial charge in [0.1, 0.15) is 11.4 Å². The SMILES string of the molecule is CCOC(=O)C(C(=O)c1ccc(F)cc1)=C(C)C. The van der Waals surface area contributed by atoms with Gasteiger partial charge in [-0.2, -0.15) is 0 Å². The number of hydrogen-bond donors (Lipinski definition) is 0. The molecular weight excluding hydrogens is 235 g/mol. The first kappa shape index (κ1) is 14.1. The standard InChI is InChI=1S/C14H15FO3/c1-4-18-14(17)12(9(2)3)13(16)10-5-7-11(15)8-6-10/h5-8H,4H2,1-3H3. The quantitative estimate of drug-likeness (QED) is 0.271. The van der Waals surface area contributed by atoms with Crippen molar-refractivity contribution in [3.05, 3.63) is 46.8 Å². The number of carbonyl (C=O) groups is 2. The molecule has 0 spiro atoms. The molecule has 1 rings (SSSR count). The Kier molecular flexibility index (Phi) is 4.77. The van der Waals surface area contributed by atoms with Gasteiger partial charge in [0, 0.05) is 5.56 Å². The Bertz CT molecular complexity index is 482. The van der Waals surface area contributed by atoms with Crippen molar-refractivity contribution in [1.82, 2.24) is 0 Å². The van der Waals surface area contributed by atoms with E-state index in [9.17, 15) is 14.0 Å². The van der Waals surface area contributed by atoms with Crippen molar-refractivity contribution in [3.63, 3.8) is 0 Å². The molecule has 3 nitrogen and oxygen atoms in total. The lowest BCUT2D eigenvalue weighted by molar-refractivity contribution is -0.138. The second kappa shape index (κ2) is 6.10. The van der Waals surface area contributed by atoms with Crippen LogP contribution in [0.2, 0.25) is 0 Å². The summed E-state index contributed by atoms with van der Waals surface area (Å²) in [7, 11) is 0. The summed E-state index contributed by atoms with van der Waals surface area (Å²) in [5.41, 5.74) is 0.840. The van der Waals surface area contributed by atoms with Crippen molar-refractivity contribution in [2.75, 3.05) is 6.61 Å². The third kappa shape index (κ3) is 3.26. The first-order chi connectivity index (χ1) is 8.47. The predicted octanol–water partition coefficient (Wildman–Crippen LogP) is 2.91. The zero-order valence-electron chi connectivity index (χ0n) is 10.6. The molecular formula is C14H15FO3. The second-order valence-corrected chi connectivity index (χ2v) is 3.93. The van der Waals surface area contributed by atoms with Gasteiger partial charge >= 0.3 is 5.97 Å². The van der Waals surface area contributed by atoms with Crippen LogP contribution in [0.25, 0.3) is 0 Å². The Morgan fingerprint density at radius 2 is 1.72 bits per heavy atom. The lowest BCUT2D eigenvalue weighted by Crippen LogP contribution is -2.17. The third-order valence-electron chi connectivity index (χ3n) is 2.31. The maximum absolute atomic E-state index is 12.8. The Balaban J connectivity index is 3.09. The molecule has 0 saturated heterocycles. The number of benzene rings is 1. The molecule has 0 aliphatic heterocycles. The predicted molar refractivity (Wildman–Crippen MR) is 65.7 cm³/mol. The summed E-state index contributed by atoms with van der Waals surface area (Å²) >= 11 is 0. The van der Waals surface area contributed by atoms with Crippen LogP contribution in [0.3, 0.4) is 0 Å². The Morgan fingerprint density at radius 1 is 1.17 bits per heavy atom. The van der Waals surface area contributed by atoms with Crippen LogP contribution in [0.5, 0.6) is 0 Å². The van der Waals surface area contributed by atoms with Gasteiger partial charge in [0.25, 0.3) is 0 Å². The van der Waals surface area contributed by atoms with Gasteiger partial charge in [-0.15, -0.1) is 0 Å². The van der Waals surface area contributed by atoms with Crippen LogP contribution in [0.15, 0.2) is 35.4 Å².